The highest BCUT2D eigenvalue weighted by atomic mass is 32.2. The molecule has 0 saturated carbocycles. The lowest BCUT2D eigenvalue weighted by atomic mass is 10.1. The van der Waals surface area contributed by atoms with E-state index in [-0.39, 0.29) is 11.7 Å². The third kappa shape index (κ3) is 5.24. The van der Waals surface area contributed by atoms with E-state index >= 15 is 0 Å². The van der Waals surface area contributed by atoms with Crippen LogP contribution in [0.4, 0.5) is 0 Å². The quantitative estimate of drug-likeness (QED) is 0.910. The van der Waals surface area contributed by atoms with Gasteiger partial charge in [-0.3, -0.25) is 4.79 Å². The lowest BCUT2D eigenvalue weighted by Crippen LogP contribution is -2.22. The van der Waals surface area contributed by atoms with Crippen molar-refractivity contribution in [1.82, 2.24) is 5.32 Å². The second-order valence-corrected chi connectivity index (χ2v) is 7.40. The van der Waals surface area contributed by atoms with Crippen LogP contribution in [-0.4, -0.2) is 20.6 Å². The Balaban J connectivity index is 2.03. The molecule has 2 rings (SSSR count). The fourth-order valence-corrected chi connectivity index (χ4v) is 2.87. The molecule has 0 saturated heterocycles. The van der Waals surface area contributed by atoms with Crippen molar-refractivity contribution in [2.75, 3.05) is 6.26 Å². The average Bonchev–Trinajstić information content (AvgIpc) is 2.51. The highest BCUT2D eigenvalue weighted by Gasteiger charge is 2.09. The molecule has 0 aliphatic heterocycles. The Morgan fingerprint density at radius 1 is 1.13 bits per heavy atom. The maximum Gasteiger partial charge on any atom is 0.251 e. The van der Waals surface area contributed by atoms with Gasteiger partial charge in [-0.05, 0) is 35.4 Å². The Kier molecular flexibility index (Phi) is 5.14. The van der Waals surface area contributed by atoms with Crippen LogP contribution >= 0.6 is 0 Å². The number of sulfone groups is 1. The molecule has 0 aliphatic rings. The van der Waals surface area contributed by atoms with Crippen LogP contribution in [0.1, 0.15) is 27.0 Å². The molecule has 0 heterocycles. The van der Waals surface area contributed by atoms with Crippen LogP contribution in [0.15, 0.2) is 48.5 Å². The minimum Gasteiger partial charge on any atom is -0.348 e. The Morgan fingerprint density at radius 3 is 2.43 bits per heavy atom. The fraction of sp³-hybridized carbons (Fsp3) is 0.176. The summed E-state index contributed by atoms with van der Waals surface area (Å²) in [4.78, 5) is 12.1. The Bertz CT molecular complexity index is 850. The molecular weight excluding hydrogens is 312 g/mol. The molecule has 2 aromatic carbocycles. The normalized spacial score (nSPS) is 10.8. The van der Waals surface area contributed by atoms with Crippen LogP contribution in [0.25, 0.3) is 0 Å². The third-order valence-electron chi connectivity index (χ3n) is 3.15. The SMILES string of the molecule is CS(=O)(=O)Cc1cccc(C(=O)NCc2ccc(C#N)cc2)c1. The summed E-state index contributed by atoms with van der Waals surface area (Å²) < 4.78 is 22.6. The lowest BCUT2D eigenvalue weighted by molar-refractivity contribution is 0.0951. The van der Waals surface area contributed by atoms with Gasteiger partial charge >= 0.3 is 0 Å². The molecule has 0 aliphatic carbocycles. The van der Waals surface area contributed by atoms with E-state index in [9.17, 15) is 13.2 Å². The van der Waals surface area contributed by atoms with E-state index in [1.807, 2.05) is 6.07 Å². The topological polar surface area (TPSA) is 87.0 Å². The molecule has 0 fully saturated rings. The first-order valence-electron chi connectivity index (χ1n) is 6.91. The highest BCUT2D eigenvalue weighted by molar-refractivity contribution is 7.89. The smallest absolute Gasteiger partial charge is 0.251 e. The van der Waals surface area contributed by atoms with Gasteiger partial charge in [0.2, 0.25) is 0 Å². The zero-order chi connectivity index (χ0) is 16.9. The van der Waals surface area contributed by atoms with Gasteiger partial charge in [0.15, 0.2) is 9.84 Å². The van der Waals surface area contributed by atoms with E-state index < -0.39 is 9.84 Å². The van der Waals surface area contributed by atoms with Crippen molar-refractivity contribution >= 4 is 15.7 Å². The number of hydrogen-bond donors (Lipinski definition) is 1. The fourth-order valence-electron chi connectivity index (χ4n) is 2.09. The van der Waals surface area contributed by atoms with Gasteiger partial charge < -0.3 is 5.32 Å². The highest BCUT2D eigenvalue weighted by Crippen LogP contribution is 2.09. The molecule has 0 aromatic heterocycles. The van der Waals surface area contributed by atoms with E-state index in [1.165, 1.54) is 0 Å². The van der Waals surface area contributed by atoms with Crippen LogP contribution in [-0.2, 0) is 22.1 Å². The summed E-state index contributed by atoms with van der Waals surface area (Å²) in [7, 11) is -3.14. The van der Waals surface area contributed by atoms with E-state index in [2.05, 4.69) is 5.32 Å². The molecule has 0 bridgehead atoms. The Hall–Kier alpha value is -2.65. The summed E-state index contributed by atoms with van der Waals surface area (Å²) >= 11 is 0. The molecule has 1 N–H and O–H groups in total. The summed E-state index contributed by atoms with van der Waals surface area (Å²) in [5.41, 5.74) is 2.44. The molecule has 6 heteroatoms. The monoisotopic (exact) mass is 328 g/mol. The molecule has 0 spiro atoms. The zero-order valence-corrected chi connectivity index (χ0v) is 13.4. The van der Waals surface area contributed by atoms with Gasteiger partial charge in [-0.1, -0.05) is 24.3 Å². The second kappa shape index (κ2) is 7.07. The molecule has 5 nitrogen and oxygen atoms in total. The number of carbonyl (C=O) groups excluding carboxylic acids is 1. The van der Waals surface area contributed by atoms with Gasteiger partial charge in [0.05, 0.1) is 17.4 Å². The number of nitrogens with zero attached hydrogens (tertiary/aromatic N) is 1. The predicted molar refractivity (Wildman–Crippen MR) is 87.3 cm³/mol. The first-order valence-corrected chi connectivity index (χ1v) is 8.97. The van der Waals surface area contributed by atoms with Gasteiger partial charge in [0.25, 0.3) is 5.91 Å². The number of carbonyl (C=O) groups is 1. The van der Waals surface area contributed by atoms with Crippen LogP contribution in [0.2, 0.25) is 0 Å². The third-order valence-corrected chi connectivity index (χ3v) is 4.01. The second-order valence-electron chi connectivity index (χ2n) is 5.26. The van der Waals surface area contributed by atoms with E-state index in [4.69, 9.17) is 5.26 Å². The molecule has 0 atom stereocenters. The Morgan fingerprint density at radius 2 is 1.83 bits per heavy atom. The number of nitriles is 1. The van der Waals surface area contributed by atoms with Crippen LogP contribution in [0.5, 0.6) is 0 Å². The van der Waals surface area contributed by atoms with Crippen molar-refractivity contribution in [2.45, 2.75) is 12.3 Å². The standard InChI is InChI=1S/C17H16N2O3S/c1-23(21,22)12-15-3-2-4-16(9-15)17(20)19-11-14-7-5-13(10-18)6-8-14/h2-9H,11-12H2,1H3,(H,19,20). The van der Waals surface area contributed by atoms with Gasteiger partial charge in [-0.25, -0.2) is 8.42 Å². The zero-order valence-electron chi connectivity index (χ0n) is 12.6. The number of amides is 1. The summed E-state index contributed by atoms with van der Waals surface area (Å²) in [5.74, 6) is -0.367. The van der Waals surface area contributed by atoms with Crippen molar-refractivity contribution in [2.24, 2.45) is 0 Å². The van der Waals surface area contributed by atoms with Gasteiger partial charge in [0, 0.05) is 18.4 Å². The minimum absolute atomic E-state index is 0.0935. The van der Waals surface area contributed by atoms with Gasteiger partial charge in [0.1, 0.15) is 0 Å². The lowest BCUT2D eigenvalue weighted by Gasteiger charge is -2.07. The number of benzene rings is 2. The summed E-state index contributed by atoms with van der Waals surface area (Å²) in [6.07, 6.45) is 1.16. The van der Waals surface area contributed by atoms with E-state index in [1.54, 1.807) is 48.5 Å². The van der Waals surface area contributed by atoms with Crippen molar-refractivity contribution in [3.8, 4) is 6.07 Å². The molecule has 23 heavy (non-hydrogen) atoms. The van der Waals surface area contributed by atoms with E-state index in [0.29, 0.717) is 23.2 Å². The van der Waals surface area contributed by atoms with Gasteiger partial charge in [-0.15, -0.1) is 0 Å². The summed E-state index contributed by atoms with van der Waals surface area (Å²) in [6, 6.07) is 15.5. The molecule has 1 amide bonds. The maximum atomic E-state index is 12.1. The maximum absolute atomic E-state index is 12.1. The number of hydrogen-bond acceptors (Lipinski definition) is 4. The number of rotatable bonds is 5. The van der Waals surface area contributed by atoms with Crippen molar-refractivity contribution < 1.29 is 13.2 Å². The van der Waals surface area contributed by atoms with Gasteiger partial charge in [-0.2, -0.15) is 5.26 Å². The average molecular weight is 328 g/mol. The van der Waals surface area contributed by atoms with Crippen LogP contribution < -0.4 is 5.32 Å². The molecule has 2 aromatic rings. The molecular formula is C17H16N2O3S. The molecule has 118 valence electrons. The Labute approximate surface area is 135 Å². The van der Waals surface area contributed by atoms with Crippen molar-refractivity contribution in [1.29, 1.82) is 5.26 Å². The first kappa shape index (κ1) is 16.7. The minimum atomic E-state index is -3.14. The number of nitrogens with one attached hydrogen (secondary N) is 1. The van der Waals surface area contributed by atoms with Crippen LogP contribution in [0, 0.1) is 11.3 Å². The van der Waals surface area contributed by atoms with Crippen molar-refractivity contribution in [3.05, 3.63) is 70.8 Å². The van der Waals surface area contributed by atoms with E-state index in [0.717, 1.165) is 11.8 Å². The molecule has 0 radical (unpaired) electrons. The largest absolute Gasteiger partial charge is 0.348 e. The van der Waals surface area contributed by atoms with Crippen molar-refractivity contribution in [3.63, 3.8) is 0 Å². The predicted octanol–water partition coefficient (Wildman–Crippen LogP) is 2.03. The summed E-state index contributed by atoms with van der Waals surface area (Å²) in [6.45, 7) is 0.334. The summed E-state index contributed by atoms with van der Waals surface area (Å²) in [5, 5.41) is 11.5. The van der Waals surface area contributed by atoms with Crippen LogP contribution in [0.3, 0.4) is 0 Å². The molecule has 0 unspecified atom stereocenters. The first-order chi connectivity index (χ1) is 10.9.